The summed E-state index contributed by atoms with van der Waals surface area (Å²) < 4.78 is 5.34. The summed E-state index contributed by atoms with van der Waals surface area (Å²) in [4.78, 5) is 28.2. The Morgan fingerprint density at radius 1 is 1.27 bits per heavy atom. The van der Waals surface area contributed by atoms with E-state index in [0.717, 1.165) is 24.8 Å². The molecule has 1 aliphatic heterocycles. The SMILES string of the molecule is CNC(=O)c1ccc(/C=C\C(=O)NO[C@H]2CCCCO2)cc1. The van der Waals surface area contributed by atoms with Crippen molar-refractivity contribution in [2.24, 2.45) is 0 Å². The Morgan fingerprint density at radius 3 is 2.68 bits per heavy atom. The molecule has 0 saturated carbocycles. The van der Waals surface area contributed by atoms with Crippen molar-refractivity contribution >= 4 is 17.9 Å². The second-order valence-corrected chi connectivity index (χ2v) is 4.91. The minimum Gasteiger partial charge on any atom is -0.355 e. The van der Waals surface area contributed by atoms with E-state index in [4.69, 9.17) is 9.57 Å². The second-order valence-electron chi connectivity index (χ2n) is 4.91. The number of amides is 2. The fourth-order valence-corrected chi connectivity index (χ4v) is 2.02. The zero-order valence-electron chi connectivity index (χ0n) is 12.5. The van der Waals surface area contributed by atoms with Gasteiger partial charge in [-0.1, -0.05) is 12.1 Å². The van der Waals surface area contributed by atoms with Crippen molar-refractivity contribution in [1.29, 1.82) is 0 Å². The van der Waals surface area contributed by atoms with Crippen molar-refractivity contribution in [3.05, 3.63) is 41.5 Å². The Balaban J connectivity index is 1.80. The van der Waals surface area contributed by atoms with E-state index in [2.05, 4.69) is 10.8 Å². The molecule has 0 spiro atoms. The van der Waals surface area contributed by atoms with Gasteiger partial charge in [-0.3, -0.25) is 9.59 Å². The Hall–Kier alpha value is -2.18. The van der Waals surface area contributed by atoms with Gasteiger partial charge in [0.25, 0.3) is 11.8 Å². The molecule has 22 heavy (non-hydrogen) atoms. The van der Waals surface area contributed by atoms with E-state index < -0.39 is 0 Å². The molecule has 0 bridgehead atoms. The van der Waals surface area contributed by atoms with Crippen LogP contribution >= 0.6 is 0 Å². The van der Waals surface area contributed by atoms with Crippen LogP contribution in [0, 0.1) is 0 Å². The summed E-state index contributed by atoms with van der Waals surface area (Å²) in [5, 5.41) is 2.55. The molecular formula is C16H20N2O4. The highest BCUT2D eigenvalue weighted by Crippen LogP contribution is 2.12. The van der Waals surface area contributed by atoms with Gasteiger partial charge in [0, 0.05) is 31.7 Å². The first-order chi connectivity index (χ1) is 10.7. The van der Waals surface area contributed by atoms with Crippen LogP contribution in [0.25, 0.3) is 6.08 Å². The van der Waals surface area contributed by atoms with Crippen LogP contribution in [0.1, 0.15) is 35.2 Å². The number of rotatable bonds is 5. The number of hydroxylamine groups is 1. The van der Waals surface area contributed by atoms with Gasteiger partial charge >= 0.3 is 0 Å². The van der Waals surface area contributed by atoms with E-state index in [1.807, 2.05) is 0 Å². The van der Waals surface area contributed by atoms with E-state index in [1.54, 1.807) is 37.4 Å². The fourth-order valence-electron chi connectivity index (χ4n) is 2.02. The van der Waals surface area contributed by atoms with Crippen LogP contribution in [-0.4, -0.2) is 31.8 Å². The minimum atomic E-state index is -0.363. The lowest BCUT2D eigenvalue weighted by Gasteiger charge is -2.21. The van der Waals surface area contributed by atoms with Crippen molar-refractivity contribution in [3.63, 3.8) is 0 Å². The molecule has 1 aromatic carbocycles. The maximum atomic E-state index is 11.6. The molecule has 1 atom stereocenters. The second kappa shape index (κ2) is 8.31. The number of hydrogen-bond acceptors (Lipinski definition) is 4. The van der Waals surface area contributed by atoms with Crippen LogP contribution in [0.2, 0.25) is 0 Å². The quantitative estimate of drug-likeness (QED) is 0.640. The first-order valence-corrected chi connectivity index (χ1v) is 7.26. The third-order valence-electron chi connectivity index (χ3n) is 3.26. The number of nitrogens with one attached hydrogen (secondary N) is 2. The van der Waals surface area contributed by atoms with Crippen LogP contribution < -0.4 is 10.8 Å². The molecule has 2 amide bonds. The van der Waals surface area contributed by atoms with Gasteiger partial charge in [0.2, 0.25) is 0 Å². The smallest absolute Gasteiger partial charge is 0.267 e. The monoisotopic (exact) mass is 304 g/mol. The Bertz CT molecular complexity index is 534. The average Bonchev–Trinajstić information content (AvgIpc) is 2.58. The summed E-state index contributed by atoms with van der Waals surface area (Å²) in [7, 11) is 1.58. The van der Waals surface area contributed by atoms with Gasteiger partial charge in [-0.25, -0.2) is 10.3 Å². The van der Waals surface area contributed by atoms with Gasteiger partial charge in [0.15, 0.2) is 6.29 Å². The first-order valence-electron chi connectivity index (χ1n) is 7.26. The van der Waals surface area contributed by atoms with Crippen molar-refractivity contribution in [2.45, 2.75) is 25.6 Å². The largest absolute Gasteiger partial charge is 0.355 e. The summed E-state index contributed by atoms with van der Waals surface area (Å²) in [6.07, 6.45) is 5.50. The molecule has 6 nitrogen and oxygen atoms in total. The number of ether oxygens (including phenoxy) is 1. The van der Waals surface area contributed by atoms with Gasteiger partial charge in [0.05, 0.1) is 0 Å². The van der Waals surface area contributed by atoms with Crippen molar-refractivity contribution < 1.29 is 19.2 Å². The lowest BCUT2D eigenvalue weighted by Crippen LogP contribution is -2.32. The summed E-state index contributed by atoms with van der Waals surface area (Å²) in [6, 6.07) is 6.92. The lowest BCUT2D eigenvalue weighted by molar-refractivity contribution is -0.198. The summed E-state index contributed by atoms with van der Waals surface area (Å²) in [5.41, 5.74) is 3.73. The highest BCUT2D eigenvalue weighted by molar-refractivity contribution is 5.94. The fraction of sp³-hybridized carbons (Fsp3) is 0.375. The molecule has 0 unspecified atom stereocenters. The van der Waals surface area contributed by atoms with E-state index in [9.17, 15) is 9.59 Å². The number of carbonyl (C=O) groups is 2. The molecule has 1 heterocycles. The number of hydrogen-bond donors (Lipinski definition) is 2. The highest BCUT2D eigenvalue weighted by Gasteiger charge is 2.14. The standard InChI is InChI=1S/C16H20N2O4/c1-17-16(20)13-8-5-12(6-9-13)7-10-14(19)18-22-15-4-2-3-11-21-15/h5-10,15H,2-4,11H2,1H3,(H,17,20)(H,18,19)/b10-7-/t15-/m0/s1. The molecule has 6 heteroatoms. The summed E-state index contributed by atoms with van der Waals surface area (Å²) in [5.74, 6) is -0.501. The van der Waals surface area contributed by atoms with Crippen molar-refractivity contribution in [2.75, 3.05) is 13.7 Å². The Kier molecular flexibility index (Phi) is 6.12. The van der Waals surface area contributed by atoms with Crippen molar-refractivity contribution in [3.8, 4) is 0 Å². The average molecular weight is 304 g/mol. The van der Waals surface area contributed by atoms with Gasteiger partial charge in [-0.2, -0.15) is 0 Å². The van der Waals surface area contributed by atoms with Crippen LogP contribution in [0.15, 0.2) is 30.3 Å². The van der Waals surface area contributed by atoms with E-state index >= 15 is 0 Å². The molecule has 2 rings (SSSR count). The van der Waals surface area contributed by atoms with Crippen molar-refractivity contribution in [1.82, 2.24) is 10.8 Å². The predicted molar refractivity (Wildman–Crippen MR) is 81.7 cm³/mol. The van der Waals surface area contributed by atoms with Crippen LogP contribution in [0.3, 0.4) is 0 Å². The molecule has 1 aliphatic rings. The number of carbonyl (C=O) groups excluding carboxylic acids is 2. The topological polar surface area (TPSA) is 76.7 Å². The van der Waals surface area contributed by atoms with Crippen LogP contribution in [0.5, 0.6) is 0 Å². The maximum Gasteiger partial charge on any atom is 0.267 e. The minimum absolute atomic E-state index is 0.144. The molecule has 0 radical (unpaired) electrons. The Labute approximate surface area is 129 Å². The van der Waals surface area contributed by atoms with Gasteiger partial charge in [-0.05, 0) is 36.6 Å². The third kappa shape index (κ3) is 4.98. The molecule has 1 fully saturated rings. The van der Waals surface area contributed by atoms with Gasteiger partial charge < -0.3 is 10.1 Å². The molecule has 1 saturated heterocycles. The first kappa shape index (κ1) is 16.2. The van der Waals surface area contributed by atoms with Gasteiger partial charge in [0.1, 0.15) is 0 Å². The predicted octanol–water partition coefficient (Wildman–Crippen LogP) is 1.63. The Morgan fingerprint density at radius 2 is 2.05 bits per heavy atom. The molecule has 2 N–H and O–H groups in total. The van der Waals surface area contributed by atoms with E-state index in [1.165, 1.54) is 6.08 Å². The highest BCUT2D eigenvalue weighted by atomic mass is 16.8. The maximum absolute atomic E-state index is 11.6. The summed E-state index contributed by atoms with van der Waals surface area (Å²) >= 11 is 0. The molecule has 118 valence electrons. The molecule has 1 aromatic rings. The molecular weight excluding hydrogens is 284 g/mol. The molecule has 0 aromatic heterocycles. The van der Waals surface area contributed by atoms with E-state index in [-0.39, 0.29) is 18.1 Å². The van der Waals surface area contributed by atoms with Gasteiger partial charge in [-0.15, -0.1) is 0 Å². The van der Waals surface area contributed by atoms with E-state index in [0.29, 0.717) is 12.2 Å². The summed E-state index contributed by atoms with van der Waals surface area (Å²) in [6.45, 7) is 0.661. The van der Waals surface area contributed by atoms with Crippen LogP contribution in [0.4, 0.5) is 0 Å². The van der Waals surface area contributed by atoms with Crippen LogP contribution in [-0.2, 0) is 14.4 Å². The zero-order valence-corrected chi connectivity index (χ0v) is 12.5. The molecule has 0 aliphatic carbocycles. The third-order valence-corrected chi connectivity index (χ3v) is 3.26. The zero-order chi connectivity index (χ0) is 15.8. The normalized spacial score (nSPS) is 18.1. The number of benzene rings is 1. The lowest BCUT2D eigenvalue weighted by atomic mass is 10.1.